The molecule has 1 nitrogen and oxygen atoms in total. The fourth-order valence-electron chi connectivity index (χ4n) is 2.09. The van der Waals surface area contributed by atoms with E-state index in [-0.39, 0.29) is 0 Å². The summed E-state index contributed by atoms with van der Waals surface area (Å²) in [6, 6.07) is 17.7. The zero-order valence-electron chi connectivity index (χ0n) is 11.6. The van der Waals surface area contributed by atoms with Crippen LogP contribution in [0, 0.1) is 0 Å². The molecule has 2 aromatic rings. The van der Waals surface area contributed by atoms with Crippen LogP contribution in [0.15, 0.2) is 54.6 Å². The normalized spacial score (nSPS) is 11.6. The van der Waals surface area contributed by atoms with E-state index in [4.69, 9.17) is 39.5 Å². The maximum Gasteiger partial charge on any atom is 0.0717 e. The number of rotatable bonds is 7. The van der Waals surface area contributed by atoms with E-state index in [2.05, 4.69) is 0 Å². The number of hydrogen-bond acceptors (Lipinski definition) is 1. The third-order valence-corrected chi connectivity index (χ3v) is 4.73. The van der Waals surface area contributed by atoms with Crippen molar-refractivity contribution in [1.82, 2.24) is 0 Å². The molecule has 112 valence electrons. The summed E-state index contributed by atoms with van der Waals surface area (Å²) in [5.74, 6) is 0.792. The molecule has 0 aliphatic rings. The van der Waals surface area contributed by atoms with Gasteiger partial charge in [0, 0.05) is 22.2 Å². The minimum atomic E-state index is -0.400. The van der Waals surface area contributed by atoms with Gasteiger partial charge in [-0.05, 0) is 23.3 Å². The molecule has 0 N–H and O–H groups in total. The van der Waals surface area contributed by atoms with Gasteiger partial charge in [-0.1, -0.05) is 54.1 Å². The van der Waals surface area contributed by atoms with Gasteiger partial charge in [0.25, 0.3) is 0 Å². The van der Waals surface area contributed by atoms with Crippen molar-refractivity contribution in [3.05, 3.63) is 70.7 Å². The Balaban J connectivity index is 2.06. The zero-order valence-corrected chi connectivity index (χ0v) is 13.8. The van der Waals surface area contributed by atoms with Crippen molar-refractivity contribution in [1.29, 1.82) is 0 Å². The summed E-state index contributed by atoms with van der Waals surface area (Å²) in [5.41, 5.74) is 1.78. The molecule has 0 aliphatic heterocycles. The Labute approximate surface area is 140 Å². The minimum absolute atomic E-state index is 0.396. The Bertz CT molecular complexity index is 536. The molecule has 0 spiro atoms. The molecular formula is C17H17Cl3O. The topological polar surface area (TPSA) is 9.23 Å². The molecule has 21 heavy (non-hydrogen) atoms. The second-order valence-corrected chi connectivity index (χ2v) is 6.00. The second-order valence-electron chi connectivity index (χ2n) is 5.03. The standard InChI is InChI=1S/C17H17Cl3O/c18-11-17(12-19,15-6-8-16(20)9-7-15)13-21-10-14-4-2-1-3-5-14/h1-9H,10-13H2. The Morgan fingerprint density at radius 1 is 0.857 bits per heavy atom. The molecule has 0 bridgehead atoms. The molecule has 0 unspecified atom stereocenters. The van der Waals surface area contributed by atoms with Gasteiger partial charge in [-0.15, -0.1) is 23.2 Å². The van der Waals surface area contributed by atoms with Gasteiger partial charge in [0.2, 0.25) is 0 Å². The highest BCUT2D eigenvalue weighted by atomic mass is 35.5. The van der Waals surface area contributed by atoms with E-state index in [0.29, 0.717) is 30.0 Å². The summed E-state index contributed by atoms with van der Waals surface area (Å²) in [4.78, 5) is 0. The third-order valence-electron chi connectivity index (χ3n) is 3.46. The zero-order chi connectivity index (χ0) is 15.1. The molecule has 0 aliphatic carbocycles. The fourth-order valence-corrected chi connectivity index (χ4v) is 2.97. The molecule has 0 radical (unpaired) electrons. The molecule has 0 atom stereocenters. The summed E-state index contributed by atoms with van der Waals surface area (Å²) in [7, 11) is 0. The van der Waals surface area contributed by atoms with Gasteiger partial charge < -0.3 is 4.74 Å². The summed E-state index contributed by atoms with van der Waals surface area (Å²) < 4.78 is 5.85. The Morgan fingerprint density at radius 3 is 2.05 bits per heavy atom. The van der Waals surface area contributed by atoms with Crippen molar-refractivity contribution < 1.29 is 4.74 Å². The molecule has 2 rings (SSSR count). The van der Waals surface area contributed by atoms with Crippen molar-refractivity contribution >= 4 is 34.8 Å². The fraction of sp³-hybridized carbons (Fsp3) is 0.294. The van der Waals surface area contributed by atoms with Crippen LogP contribution in [0.25, 0.3) is 0 Å². The van der Waals surface area contributed by atoms with Crippen LogP contribution in [0.5, 0.6) is 0 Å². The van der Waals surface area contributed by atoms with E-state index in [1.54, 1.807) is 0 Å². The number of hydrogen-bond donors (Lipinski definition) is 0. The first-order chi connectivity index (χ1) is 10.2. The number of benzene rings is 2. The number of alkyl halides is 2. The van der Waals surface area contributed by atoms with E-state index in [1.165, 1.54) is 0 Å². The van der Waals surface area contributed by atoms with Crippen molar-refractivity contribution in [2.45, 2.75) is 12.0 Å². The van der Waals surface area contributed by atoms with Crippen molar-refractivity contribution in [2.24, 2.45) is 0 Å². The lowest BCUT2D eigenvalue weighted by Crippen LogP contribution is -2.36. The highest BCUT2D eigenvalue weighted by molar-refractivity contribution is 6.30. The number of ether oxygens (including phenoxy) is 1. The smallest absolute Gasteiger partial charge is 0.0717 e. The van der Waals surface area contributed by atoms with Crippen LogP contribution >= 0.6 is 34.8 Å². The van der Waals surface area contributed by atoms with Crippen LogP contribution in [0.4, 0.5) is 0 Å². The van der Waals surface area contributed by atoms with Crippen LogP contribution < -0.4 is 0 Å². The molecular weight excluding hydrogens is 327 g/mol. The van der Waals surface area contributed by atoms with Crippen LogP contribution in [0.3, 0.4) is 0 Å². The second kappa shape index (κ2) is 8.05. The van der Waals surface area contributed by atoms with Gasteiger partial charge >= 0.3 is 0 Å². The average Bonchev–Trinajstić information content (AvgIpc) is 2.54. The summed E-state index contributed by atoms with van der Waals surface area (Å²) in [6.07, 6.45) is 0. The van der Waals surface area contributed by atoms with Crippen LogP contribution in [0.2, 0.25) is 5.02 Å². The molecule has 0 fully saturated rings. The summed E-state index contributed by atoms with van der Waals surface area (Å²) in [6.45, 7) is 1.01. The van der Waals surface area contributed by atoms with Crippen molar-refractivity contribution in [2.75, 3.05) is 18.4 Å². The monoisotopic (exact) mass is 342 g/mol. The van der Waals surface area contributed by atoms with Gasteiger partial charge in [0.1, 0.15) is 0 Å². The Morgan fingerprint density at radius 2 is 1.48 bits per heavy atom. The largest absolute Gasteiger partial charge is 0.376 e. The van der Waals surface area contributed by atoms with Crippen molar-refractivity contribution in [3.63, 3.8) is 0 Å². The Kier molecular flexibility index (Phi) is 6.38. The van der Waals surface area contributed by atoms with E-state index in [9.17, 15) is 0 Å². The summed E-state index contributed by atoms with van der Waals surface area (Å²) in [5, 5.41) is 0.696. The maximum absolute atomic E-state index is 6.18. The predicted molar refractivity (Wildman–Crippen MR) is 90.7 cm³/mol. The van der Waals surface area contributed by atoms with Crippen LogP contribution in [-0.2, 0) is 16.8 Å². The molecule has 4 heteroatoms. The van der Waals surface area contributed by atoms with Crippen LogP contribution in [-0.4, -0.2) is 18.4 Å². The van der Waals surface area contributed by atoms with E-state index < -0.39 is 5.41 Å². The lowest BCUT2D eigenvalue weighted by Gasteiger charge is -2.30. The highest BCUT2D eigenvalue weighted by Crippen LogP contribution is 2.29. The van der Waals surface area contributed by atoms with Gasteiger partial charge in [-0.3, -0.25) is 0 Å². The third kappa shape index (κ3) is 4.37. The first-order valence-corrected chi connectivity index (χ1v) is 8.14. The van der Waals surface area contributed by atoms with Crippen molar-refractivity contribution in [3.8, 4) is 0 Å². The quantitative estimate of drug-likeness (QED) is 0.622. The highest BCUT2D eigenvalue weighted by Gasteiger charge is 2.31. The predicted octanol–water partition coefficient (Wildman–Crippen LogP) is 5.27. The number of halogens is 3. The van der Waals surface area contributed by atoms with Gasteiger partial charge in [-0.25, -0.2) is 0 Å². The lowest BCUT2D eigenvalue weighted by atomic mass is 9.85. The van der Waals surface area contributed by atoms with Crippen LogP contribution in [0.1, 0.15) is 11.1 Å². The molecule has 0 heterocycles. The maximum atomic E-state index is 6.18. The Hall–Kier alpha value is -0.730. The lowest BCUT2D eigenvalue weighted by molar-refractivity contribution is 0.0847. The van der Waals surface area contributed by atoms with Gasteiger partial charge in [0.05, 0.1) is 13.2 Å². The van der Waals surface area contributed by atoms with E-state index in [0.717, 1.165) is 11.1 Å². The SMILES string of the molecule is ClCC(CCl)(COCc1ccccc1)c1ccc(Cl)cc1. The minimum Gasteiger partial charge on any atom is -0.376 e. The molecule has 0 amide bonds. The molecule has 0 aromatic heterocycles. The van der Waals surface area contributed by atoms with Gasteiger partial charge in [-0.2, -0.15) is 0 Å². The van der Waals surface area contributed by atoms with Gasteiger partial charge in [0.15, 0.2) is 0 Å². The van der Waals surface area contributed by atoms with E-state index >= 15 is 0 Å². The van der Waals surface area contributed by atoms with E-state index in [1.807, 2.05) is 54.6 Å². The molecule has 2 aromatic carbocycles. The summed E-state index contributed by atoms with van der Waals surface area (Å²) >= 11 is 18.3. The first kappa shape index (κ1) is 16.6. The molecule has 0 saturated carbocycles. The average molecular weight is 344 g/mol. The first-order valence-electron chi connectivity index (χ1n) is 6.70. The molecule has 0 saturated heterocycles.